The summed E-state index contributed by atoms with van der Waals surface area (Å²) in [7, 11) is 0. The number of rotatable bonds is 9. The second-order valence-electron chi connectivity index (χ2n) is 6.80. The van der Waals surface area contributed by atoms with Crippen LogP contribution in [0.5, 0.6) is 5.75 Å². The third kappa shape index (κ3) is 4.98. The van der Waals surface area contributed by atoms with E-state index < -0.39 is 12.0 Å². The minimum atomic E-state index is -0.604. The van der Waals surface area contributed by atoms with Crippen LogP contribution in [-0.2, 0) is 13.0 Å². The lowest BCUT2D eigenvalue weighted by atomic mass is 10.0. The minimum Gasteiger partial charge on any atom is -0.489 e. The molecule has 146 valence electrons. The molecule has 0 bridgehead atoms. The van der Waals surface area contributed by atoms with Crippen molar-refractivity contribution >= 4 is 5.91 Å². The largest absolute Gasteiger partial charge is 0.489 e. The highest BCUT2D eigenvalue weighted by molar-refractivity contribution is 5.90. The van der Waals surface area contributed by atoms with Crippen LogP contribution in [0.2, 0.25) is 0 Å². The zero-order valence-electron chi connectivity index (χ0n) is 15.9. The number of para-hydroxylation sites is 1. The average molecular weight is 379 g/mol. The van der Waals surface area contributed by atoms with E-state index in [2.05, 4.69) is 4.98 Å². The van der Waals surface area contributed by atoms with Crippen molar-refractivity contribution in [3.05, 3.63) is 83.9 Å². The van der Waals surface area contributed by atoms with E-state index in [9.17, 15) is 9.90 Å². The first kappa shape index (κ1) is 19.6. The number of ether oxygens (including phenoxy) is 1. The van der Waals surface area contributed by atoms with Crippen molar-refractivity contribution in [1.82, 2.24) is 9.55 Å². The van der Waals surface area contributed by atoms with Gasteiger partial charge in [-0.3, -0.25) is 4.79 Å². The molecule has 0 aliphatic heterocycles. The van der Waals surface area contributed by atoms with Gasteiger partial charge in [0.05, 0.1) is 18.5 Å². The lowest BCUT2D eigenvalue weighted by Gasteiger charge is -2.22. The van der Waals surface area contributed by atoms with E-state index in [-0.39, 0.29) is 11.7 Å². The summed E-state index contributed by atoms with van der Waals surface area (Å²) in [6.45, 7) is 2.23. The van der Waals surface area contributed by atoms with E-state index in [1.54, 1.807) is 17.7 Å². The highest BCUT2D eigenvalue weighted by atomic mass is 16.5. The fourth-order valence-corrected chi connectivity index (χ4v) is 3.17. The van der Waals surface area contributed by atoms with E-state index in [1.165, 1.54) is 6.33 Å². The zero-order chi connectivity index (χ0) is 19.9. The lowest BCUT2D eigenvalue weighted by Crippen LogP contribution is -2.21. The summed E-state index contributed by atoms with van der Waals surface area (Å²) in [5, 5.41) is 10.2. The molecule has 0 saturated heterocycles. The van der Waals surface area contributed by atoms with Crippen molar-refractivity contribution < 1.29 is 14.6 Å². The van der Waals surface area contributed by atoms with Gasteiger partial charge < -0.3 is 20.1 Å². The number of nitrogens with zero attached hydrogens (tertiary/aromatic N) is 2. The van der Waals surface area contributed by atoms with Crippen molar-refractivity contribution in [1.29, 1.82) is 0 Å². The third-order valence-electron chi connectivity index (χ3n) is 4.71. The van der Waals surface area contributed by atoms with E-state index in [0.717, 1.165) is 16.9 Å². The first-order valence-corrected chi connectivity index (χ1v) is 9.30. The molecular formula is C22H25N3O3. The normalized spacial score (nSPS) is 13.1. The van der Waals surface area contributed by atoms with Gasteiger partial charge in [0.15, 0.2) is 0 Å². The van der Waals surface area contributed by atoms with Crippen molar-refractivity contribution in [2.24, 2.45) is 5.73 Å². The van der Waals surface area contributed by atoms with E-state index in [1.807, 2.05) is 54.6 Å². The maximum absolute atomic E-state index is 11.3. The van der Waals surface area contributed by atoms with Gasteiger partial charge in [-0.25, -0.2) is 4.98 Å². The Kier molecular flexibility index (Phi) is 6.45. The number of hydrogen-bond donors (Lipinski definition) is 2. The van der Waals surface area contributed by atoms with E-state index >= 15 is 0 Å². The summed E-state index contributed by atoms with van der Waals surface area (Å²) < 4.78 is 7.76. The second kappa shape index (κ2) is 9.19. The SMILES string of the molecule is C[C@H](O)[C@@H](CCc1ccccc1OCc1ccccc1)n1cnc(C(N)=O)c1. The summed E-state index contributed by atoms with van der Waals surface area (Å²) >= 11 is 0. The molecule has 28 heavy (non-hydrogen) atoms. The Morgan fingerprint density at radius 3 is 2.57 bits per heavy atom. The molecule has 2 aromatic carbocycles. The third-order valence-corrected chi connectivity index (χ3v) is 4.71. The Hall–Kier alpha value is -3.12. The number of aryl methyl sites for hydroxylation is 1. The molecule has 0 aliphatic carbocycles. The number of benzene rings is 2. The number of carbonyl (C=O) groups excluding carboxylic acids is 1. The topological polar surface area (TPSA) is 90.4 Å². The standard InChI is InChI=1S/C22H25N3O3/c1-16(26)20(25-13-19(22(23)27)24-15-25)12-11-18-9-5-6-10-21(18)28-14-17-7-3-2-4-8-17/h2-10,13,15-16,20,26H,11-12,14H2,1H3,(H2,23,27)/t16-,20+/m0/s1. The highest BCUT2D eigenvalue weighted by Gasteiger charge is 2.19. The molecule has 6 heteroatoms. The Balaban J connectivity index is 1.69. The quantitative estimate of drug-likeness (QED) is 0.598. The number of aromatic nitrogens is 2. The highest BCUT2D eigenvalue weighted by Crippen LogP contribution is 2.25. The van der Waals surface area contributed by atoms with Gasteiger partial charge in [0.2, 0.25) is 0 Å². The van der Waals surface area contributed by atoms with Crippen LogP contribution in [0.1, 0.15) is 41.0 Å². The number of carbonyl (C=O) groups is 1. The average Bonchev–Trinajstić information content (AvgIpc) is 3.18. The first-order valence-electron chi connectivity index (χ1n) is 9.30. The molecule has 3 rings (SSSR count). The van der Waals surface area contributed by atoms with Crippen LogP contribution in [0, 0.1) is 0 Å². The van der Waals surface area contributed by atoms with Crippen LogP contribution in [0.15, 0.2) is 67.1 Å². The molecule has 0 unspecified atom stereocenters. The molecule has 3 aromatic rings. The van der Waals surface area contributed by atoms with Crippen LogP contribution in [-0.4, -0.2) is 26.7 Å². The molecule has 0 spiro atoms. The Bertz CT molecular complexity index is 906. The predicted molar refractivity (Wildman–Crippen MR) is 107 cm³/mol. The van der Waals surface area contributed by atoms with E-state index in [4.69, 9.17) is 10.5 Å². The number of aliphatic hydroxyl groups is 1. The van der Waals surface area contributed by atoms with E-state index in [0.29, 0.717) is 19.4 Å². The summed E-state index contributed by atoms with van der Waals surface area (Å²) in [4.78, 5) is 15.3. The Labute approximate surface area is 164 Å². The van der Waals surface area contributed by atoms with Crippen molar-refractivity contribution in [2.75, 3.05) is 0 Å². The number of imidazole rings is 1. The Morgan fingerprint density at radius 2 is 1.89 bits per heavy atom. The fraction of sp³-hybridized carbons (Fsp3) is 0.273. The van der Waals surface area contributed by atoms with Gasteiger partial charge >= 0.3 is 0 Å². The summed E-state index contributed by atoms with van der Waals surface area (Å²) in [5.74, 6) is 0.252. The molecule has 0 radical (unpaired) electrons. The molecule has 6 nitrogen and oxygen atoms in total. The van der Waals surface area contributed by atoms with Gasteiger partial charge in [-0.05, 0) is 37.0 Å². The van der Waals surface area contributed by atoms with Crippen molar-refractivity contribution in [3.8, 4) is 5.75 Å². The summed E-state index contributed by atoms with van der Waals surface area (Å²) in [6.07, 6.45) is 3.89. The molecule has 1 heterocycles. The second-order valence-corrected chi connectivity index (χ2v) is 6.80. The smallest absolute Gasteiger partial charge is 0.268 e. The van der Waals surface area contributed by atoms with Gasteiger partial charge in [-0.1, -0.05) is 48.5 Å². The lowest BCUT2D eigenvalue weighted by molar-refractivity contribution is 0.0994. The van der Waals surface area contributed by atoms with Gasteiger partial charge in [-0.15, -0.1) is 0 Å². The number of aliphatic hydroxyl groups excluding tert-OH is 1. The van der Waals surface area contributed by atoms with Crippen LogP contribution in [0.25, 0.3) is 0 Å². The summed E-state index contributed by atoms with van der Waals surface area (Å²) in [5.41, 5.74) is 7.64. The van der Waals surface area contributed by atoms with Gasteiger partial charge in [-0.2, -0.15) is 0 Å². The molecule has 3 N–H and O–H groups in total. The van der Waals surface area contributed by atoms with Crippen LogP contribution in [0.4, 0.5) is 0 Å². The predicted octanol–water partition coefficient (Wildman–Crippen LogP) is 3.12. The van der Waals surface area contributed by atoms with Gasteiger partial charge in [0.1, 0.15) is 18.1 Å². The number of amides is 1. The van der Waals surface area contributed by atoms with Crippen LogP contribution >= 0.6 is 0 Å². The molecule has 0 fully saturated rings. The molecular weight excluding hydrogens is 354 g/mol. The van der Waals surface area contributed by atoms with Crippen LogP contribution in [0.3, 0.4) is 0 Å². The van der Waals surface area contributed by atoms with Crippen molar-refractivity contribution in [2.45, 2.75) is 38.5 Å². The zero-order valence-corrected chi connectivity index (χ0v) is 15.9. The van der Waals surface area contributed by atoms with Gasteiger partial charge in [0, 0.05) is 6.20 Å². The summed E-state index contributed by atoms with van der Waals surface area (Å²) in [6, 6.07) is 17.7. The molecule has 0 aliphatic rings. The van der Waals surface area contributed by atoms with Gasteiger partial charge in [0.25, 0.3) is 5.91 Å². The number of hydrogen-bond acceptors (Lipinski definition) is 4. The van der Waals surface area contributed by atoms with Crippen molar-refractivity contribution in [3.63, 3.8) is 0 Å². The minimum absolute atomic E-state index is 0.192. The first-order chi connectivity index (χ1) is 13.5. The maximum Gasteiger partial charge on any atom is 0.268 e. The Morgan fingerprint density at radius 1 is 1.18 bits per heavy atom. The maximum atomic E-state index is 11.3. The number of primary amides is 1. The number of nitrogens with two attached hydrogens (primary N) is 1. The molecule has 1 aromatic heterocycles. The monoisotopic (exact) mass is 379 g/mol. The molecule has 0 saturated carbocycles. The molecule has 2 atom stereocenters. The molecule has 1 amide bonds. The fourth-order valence-electron chi connectivity index (χ4n) is 3.17. The van der Waals surface area contributed by atoms with Crippen LogP contribution < -0.4 is 10.5 Å².